The van der Waals surface area contributed by atoms with Crippen molar-refractivity contribution in [2.24, 2.45) is 0 Å². The lowest BCUT2D eigenvalue weighted by Crippen LogP contribution is -2.44. The molecule has 0 atom stereocenters. The summed E-state index contributed by atoms with van der Waals surface area (Å²) in [5.74, 6) is 0.482. The first-order valence-electron chi connectivity index (χ1n) is 5.91. The van der Waals surface area contributed by atoms with Crippen molar-refractivity contribution in [2.75, 3.05) is 38.1 Å². The van der Waals surface area contributed by atoms with E-state index in [9.17, 15) is 0 Å². The number of rotatable bonds is 1. The predicted octanol–water partition coefficient (Wildman–Crippen LogP) is 1.37. The number of hydrogen-bond donors (Lipinski definition) is 1. The van der Waals surface area contributed by atoms with E-state index in [4.69, 9.17) is 6.92 Å². The van der Waals surface area contributed by atoms with Crippen LogP contribution >= 0.6 is 0 Å². The molecule has 3 rings (SSSR count). The molecule has 2 radical (unpaired) electrons. The van der Waals surface area contributed by atoms with Crippen LogP contribution in [0.3, 0.4) is 0 Å². The average Bonchev–Trinajstić information content (AvgIpc) is 2.69. The highest BCUT2D eigenvalue weighted by molar-refractivity contribution is 5.79. The van der Waals surface area contributed by atoms with Gasteiger partial charge < -0.3 is 14.8 Å². The number of benzene rings is 1. The Bertz CT molecular complexity index is 523. The minimum atomic E-state index is 0.482. The summed E-state index contributed by atoms with van der Waals surface area (Å²) in [5.41, 5.74) is 3.19. The Kier molecular flexibility index (Phi) is 2.52. The first-order valence-corrected chi connectivity index (χ1v) is 5.91. The molecular weight excluding hydrogens is 212 g/mol. The van der Waals surface area contributed by atoms with Crippen LogP contribution in [0, 0.1) is 6.92 Å². The molecule has 0 aliphatic carbocycles. The lowest BCUT2D eigenvalue weighted by atomic mass is 10.2. The van der Waals surface area contributed by atoms with E-state index < -0.39 is 0 Å². The quantitative estimate of drug-likeness (QED) is 0.800. The first kappa shape index (κ1) is 10.6. The first-order chi connectivity index (χ1) is 8.22. The molecule has 1 aromatic carbocycles. The fraction of sp³-hybridized carbons (Fsp3) is 0.385. The van der Waals surface area contributed by atoms with Gasteiger partial charge in [-0.2, -0.15) is 0 Å². The van der Waals surface area contributed by atoms with Crippen LogP contribution in [0.4, 0.5) is 5.69 Å². The highest BCUT2D eigenvalue weighted by Gasteiger charge is 2.14. The van der Waals surface area contributed by atoms with Crippen LogP contribution in [0.25, 0.3) is 11.0 Å². The SMILES string of the molecule is [CH]c1nc2ccc(N3CCN(C)CC3)cc2[nH]1. The molecule has 2 aromatic rings. The van der Waals surface area contributed by atoms with E-state index in [1.54, 1.807) is 0 Å². The van der Waals surface area contributed by atoms with Crippen molar-refractivity contribution in [2.45, 2.75) is 0 Å². The van der Waals surface area contributed by atoms with Crippen molar-refractivity contribution in [1.29, 1.82) is 0 Å². The van der Waals surface area contributed by atoms with Crippen LogP contribution < -0.4 is 4.90 Å². The predicted molar refractivity (Wildman–Crippen MR) is 69.2 cm³/mol. The van der Waals surface area contributed by atoms with Crippen molar-refractivity contribution >= 4 is 16.7 Å². The van der Waals surface area contributed by atoms with Crippen molar-refractivity contribution < 1.29 is 0 Å². The molecule has 1 aliphatic heterocycles. The van der Waals surface area contributed by atoms with Gasteiger partial charge in [-0.05, 0) is 25.2 Å². The number of fused-ring (bicyclic) bond motifs is 1. The second kappa shape index (κ2) is 4.04. The third-order valence-corrected chi connectivity index (χ3v) is 3.35. The normalized spacial score (nSPS) is 17.9. The Balaban J connectivity index is 1.89. The van der Waals surface area contributed by atoms with Crippen LogP contribution in [0.2, 0.25) is 0 Å². The third kappa shape index (κ3) is 2.00. The minimum Gasteiger partial charge on any atom is -0.369 e. The third-order valence-electron chi connectivity index (χ3n) is 3.35. The maximum Gasteiger partial charge on any atom is 0.111 e. The Labute approximate surface area is 101 Å². The number of aromatic nitrogens is 2. The molecule has 2 heterocycles. The lowest BCUT2D eigenvalue weighted by Gasteiger charge is -2.34. The molecule has 0 spiro atoms. The summed E-state index contributed by atoms with van der Waals surface area (Å²) >= 11 is 0. The van der Waals surface area contributed by atoms with E-state index in [0.29, 0.717) is 5.82 Å². The molecule has 88 valence electrons. The number of anilines is 1. The molecular formula is C13H16N4. The molecule has 0 saturated carbocycles. The summed E-state index contributed by atoms with van der Waals surface area (Å²) in [6.45, 7) is 10.0. The number of likely N-dealkylation sites (N-methyl/N-ethyl adjacent to an activating group) is 1. The number of piperazine rings is 1. The van der Waals surface area contributed by atoms with Crippen LogP contribution in [-0.4, -0.2) is 48.1 Å². The molecule has 17 heavy (non-hydrogen) atoms. The molecule has 0 bridgehead atoms. The van der Waals surface area contributed by atoms with Crippen LogP contribution in [0.15, 0.2) is 18.2 Å². The van der Waals surface area contributed by atoms with Gasteiger partial charge in [-0.3, -0.25) is 0 Å². The number of imidazole rings is 1. The van der Waals surface area contributed by atoms with Gasteiger partial charge in [-0.1, -0.05) is 0 Å². The number of hydrogen-bond acceptors (Lipinski definition) is 3. The maximum atomic E-state index is 5.65. The monoisotopic (exact) mass is 228 g/mol. The van der Waals surface area contributed by atoms with E-state index >= 15 is 0 Å². The van der Waals surface area contributed by atoms with Crippen LogP contribution in [0.1, 0.15) is 5.82 Å². The van der Waals surface area contributed by atoms with Crippen LogP contribution in [0.5, 0.6) is 0 Å². The second-order valence-electron chi connectivity index (χ2n) is 4.61. The summed E-state index contributed by atoms with van der Waals surface area (Å²) in [6, 6.07) is 6.27. The van der Waals surface area contributed by atoms with Gasteiger partial charge >= 0.3 is 0 Å². The van der Waals surface area contributed by atoms with Crippen molar-refractivity contribution in [3.63, 3.8) is 0 Å². The van der Waals surface area contributed by atoms with E-state index in [1.807, 2.05) is 6.07 Å². The Morgan fingerprint density at radius 3 is 2.76 bits per heavy atom. The van der Waals surface area contributed by atoms with Crippen molar-refractivity contribution in [3.05, 3.63) is 30.9 Å². The molecule has 1 fully saturated rings. The van der Waals surface area contributed by atoms with Gasteiger partial charge in [0.1, 0.15) is 5.82 Å². The molecule has 0 unspecified atom stereocenters. The summed E-state index contributed by atoms with van der Waals surface area (Å²) in [5, 5.41) is 0. The number of nitrogens with one attached hydrogen (secondary N) is 1. The van der Waals surface area contributed by atoms with E-state index in [0.717, 1.165) is 37.2 Å². The smallest absolute Gasteiger partial charge is 0.111 e. The fourth-order valence-electron chi connectivity index (χ4n) is 2.28. The van der Waals surface area contributed by atoms with Gasteiger partial charge in [0, 0.05) is 38.8 Å². The molecule has 1 aliphatic rings. The molecule has 1 N–H and O–H groups in total. The van der Waals surface area contributed by atoms with Gasteiger partial charge in [-0.25, -0.2) is 4.98 Å². The van der Waals surface area contributed by atoms with Gasteiger partial charge in [0.15, 0.2) is 0 Å². The van der Waals surface area contributed by atoms with E-state index in [2.05, 4.69) is 38.9 Å². The number of H-pyrrole nitrogens is 1. The zero-order chi connectivity index (χ0) is 11.8. The van der Waals surface area contributed by atoms with Crippen LogP contribution in [-0.2, 0) is 0 Å². The zero-order valence-electron chi connectivity index (χ0n) is 9.98. The van der Waals surface area contributed by atoms with E-state index in [1.165, 1.54) is 5.69 Å². The second-order valence-corrected chi connectivity index (χ2v) is 4.61. The van der Waals surface area contributed by atoms with Crippen molar-refractivity contribution in [3.8, 4) is 0 Å². The molecule has 1 saturated heterocycles. The summed E-state index contributed by atoms with van der Waals surface area (Å²) in [7, 11) is 2.16. The summed E-state index contributed by atoms with van der Waals surface area (Å²) in [4.78, 5) is 12.0. The van der Waals surface area contributed by atoms with Gasteiger partial charge in [0.05, 0.1) is 11.0 Å². The number of nitrogens with zero attached hydrogens (tertiary/aromatic N) is 3. The average molecular weight is 228 g/mol. The van der Waals surface area contributed by atoms with Gasteiger partial charge in [0.2, 0.25) is 0 Å². The standard InChI is InChI=1S/C13H16N4/c1-10-14-12-4-3-11(9-13(12)15-10)17-7-5-16(2)6-8-17/h1,3-4,9H,5-8H2,2H3,(H,14,15). The van der Waals surface area contributed by atoms with E-state index in [-0.39, 0.29) is 0 Å². The van der Waals surface area contributed by atoms with Crippen molar-refractivity contribution in [1.82, 2.24) is 14.9 Å². The molecule has 0 amide bonds. The molecule has 4 nitrogen and oxygen atoms in total. The summed E-state index contributed by atoms with van der Waals surface area (Å²) < 4.78 is 0. The highest BCUT2D eigenvalue weighted by Crippen LogP contribution is 2.21. The van der Waals surface area contributed by atoms with Gasteiger partial charge in [0.25, 0.3) is 0 Å². The zero-order valence-corrected chi connectivity index (χ0v) is 9.98. The molecule has 4 heteroatoms. The highest BCUT2D eigenvalue weighted by atomic mass is 15.2. The fourth-order valence-corrected chi connectivity index (χ4v) is 2.28. The Hall–Kier alpha value is -1.55. The Morgan fingerprint density at radius 2 is 2.00 bits per heavy atom. The largest absolute Gasteiger partial charge is 0.369 e. The minimum absolute atomic E-state index is 0.482. The lowest BCUT2D eigenvalue weighted by molar-refractivity contribution is 0.313. The topological polar surface area (TPSA) is 35.2 Å². The number of aromatic amines is 1. The summed E-state index contributed by atoms with van der Waals surface area (Å²) in [6.07, 6.45) is 0. The maximum absolute atomic E-state index is 5.65. The Morgan fingerprint density at radius 1 is 1.24 bits per heavy atom. The molecule has 1 aromatic heterocycles. The van der Waals surface area contributed by atoms with Gasteiger partial charge in [-0.15, -0.1) is 0 Å².